The normalized spacial score (nSPS) is 16.2. The Morgan fingerprint density at radius 1 is 1.12 bits per heavy atom. The molecule has 1 aliphatic rings. The van der Waals surface area contributed by atoms with Crippen LogP contribution in [-0.2, 0) is 12.6 Å². The van der Waals surface area contributed by atoms with Crippen LogP contribution in [0.15, 0.2) is 41.1 Å². The number of hydrogen-bond acceptors (Lipinski definition) is 4. The van der Waals surface area contributed by atoms with E-state index >= 15 is 0 Å². The fourth-order valence-electron chi connectivity index (χ4n) is 2.85. The molecule has 1 amide bonds. The number of nitrogens with zero attached hydrogens (tertiary/aromatic N) is 3. The summed E-state index contributed by atoms with van der Waals surface area (Å²) in [6.07, 6.45) is -3.14. The molecule has 1 saturated heterocycles. The van der Waals surface area contributed by atoms with Crippen molar-refractivity contribution in [2.75, 3.05) is 32.7 Å². The van der Waals surface area contributed by atoms with Gasteiger partial charge in [-0.15, -0.1) is 0 Å². The number of hydrogen-bond donors (Lipinski definition) is 0. The van der Waals surface area contributed by atoms with Crippen molar-refractivity contribution >= 4 is 5.91 Å². The van der Waals surface area contributed by atoms with Crippen molar-refractivity contribution in [1.82, 2.24) is 14.8 Å². The highest BCUT2D eigenvalue weighted by molar-refractivity contribution is 5.92. The summed E-state index contributed by atoms with van der Waals surface area (Å²) in [7, 11) is 0. The van der Waals surface area contributed by atoms with Crippen LogP contribution in [-0.4, -0.2) is 53.4 Å². The summed E-state index contributed by atoms with van der Waals surface area (Å²) < 4.78 is 43.2. The highest BCUT2D eigenvalue weighted by atomic mass is 19.4. The Morgan fingerprint density at radius 2 is 1.80 bits per heavy atom. The molecule has 1 aliphatic heterocycles. The van der Waals surface area contributed by atoms with E-state index < -0.39 is 23.5 Å². The van der Waals surface area contributed by atoms with Gasteiger partial charge in [-0.3, -0.25) is 9.69 Å². The molecule has 1 fully saturated rings. The van der Waals surface area contributed by atoms with Crippen molar-refractivity contribution in [3.63, 3.8) is 0 Å². The predicted molar refractivity (Wildman–Crippen MR) is 84.0 cm³/mol. The first-order valence-corrected chi connectivity index (χ1v) is 8.01. The Labute approximate surface area is 143 Å². The van der Waals surface area contributed by atoms with Crippen molar-refractivity contribution in [2.24, 2.45) is 0 Å². The van der Waals surface area contributed by atoms with Crippen LogP contribution in [0.3, 0.4) is 0 Å². The third-order valence-corrected chi connectivity index (χ3v) is 4.25. The van der Waals surface area contributed by atoms with E-state index in [1.807, 2.05) is 18.2 Å². The molecule has 2 heterocycles. The number of piperazine rings is 1. The second kappa shape index (κ2) is 7.26. The molecule has 3 rings (SSSR count). The minimum absolute atomic E-state index is 0.367. The van der Waals surface area contributed by atoms with Gasteiger partial charge in [0, 0.05) is 32.7 Å². The van der Waals surface area contributed by atoms with Crippen LogP contribution in [0.25, 0.3) is 0 Å². The van der Waals surface area contributed by atoms with Gasteiger partial charge in [-0.25, -0.2) is 4.98 Å². The molecule has 8 heteroatoms. The third kappa shape index (κ3) is 4.19. The maximum Gasteiger partial charge on any atom is 0.437 e. The van der Waals surface area contributed by atoms with E-state index in [0.29, 0.717) is 32.6 Å². The summed E-state index contributed by atoms with van der Waals surface area (Å²) in [5, 5.41) is 0. The Bertz CT molecular complexity index is 707. The maximum absolute atomic E-state index is 12.8. The lowest BCUT2D eigenvalue weighted by atomic mass is 10.1. The fraction of sp³-hybridized carbons (Fsp3) is 0.412. The number of carbonyl (C=O) groups excluding carboxylic acids is 1. The standard InChI is InChI=1S/C17H18F3N3O2/c18-17(19,20)15-14(25-12-21-15)16(24)23-10-8-22(9-11-23)7-6-13-4-2-1-3-5-13/h1-5,12H,6-11H2. The number of benzene rings is 1. The van der Waals surface area contributed by atoms with E-state index in [0.717, 1.165) is 13.0 Å². The maximum atomic E-state index is 12.8. The number of halogens is 3. The molecule has 1 aromatic heterocycles. The minimum Gasteiger partial charge on any atom is -0.438 e. The minimum atomic E-state index is -4.70. The van der Waals surface area contributed by atoms with Gasteiger partial charge >= 0.3 is 6.18 Å². The van der Waals surface area contributed by atoms with E-state index in [9.17, 15) is 18.0 Å². The van der Waals surface area contributed by atoms with Crippen molar-refractivity contribution in [3.8, 4) is 0 Å². The molecule has 5 nitrogen and oxygen atoms in total. The summed E-state index contributed by atoms with van der Waals surface area (Å²) in [6, 6.07) is 10.1. The zero-order valence-electron chi connectivity index (χ0n) is 13.5. The first-order chi connectivity index (χ1) is 11.9. The first kappa shape index (κ1) is 17.5. The fourth-order valence-corrected chi connectivity index (χ4v) is 2.85. The van der Waals surface area contributed by atoms with Crippen molar-refractivity contribution < 1.29 is 22.4 Å². The largest absolute Gasteiger partial charge is 0.438 e. The van der Waals surface area contributed by atoms with E-state index in [1.54, 1.807) is 0 Å². The Kier molecular flexibility index (Phi) is 5.08. The zero-order valence-corrected chi connectivity index (χ0v) is 13.5. The third-order valence-electron chi connectivity index (χ3n) is 4.25. The van der Waals surface area contributed by atoms with E-state index in [1.165, 1.54) is 10.5 Å². The van der Waals surface area contributed by atoms with E-state index in [4.69, 9.17) is 4.42 Å². The van der Waals surface area contributed by atoms with Crippen molar-refractivity contribution in [2.45, 2.75) is 12.6 Å². The average Bonchev–Trinajstić information content (AvgIpc) is 3.11. The van der Waals surface area contributed by atoms with Crippen LogP contribution in [0.1, 0.15) is 21.8 Å². The van der Waals surface area contributed by atoms with Crippen LogP contribution < -0.4 is 0 Å². The van der Waals surface area contributed by atoms with Crippen LogP contribution in [0.4, 0.5) is 13.2 Å². The highest BCUT2D eigenvalue weighted by Crippen LogP contribution is 2.31. The summed E-state index contributed by atoms with van der Waals surface area (Å²) in [5.74, 6) is -1.49. The Balaban J connectivity index is 1.54. The van der Waals surface area contributed by atoms with Crippen LogP contribution >= 0.6 is 0 Å². The quantitative estimate of drug-likeness (QED) is 0.848. The molecule has 0 atom stereocenters. The van der Waals surface area contributed by atoms with Gasteiger partial charge in [0.1, 0.15) is 0 Å². The monoisotopic (exact) mass is 353 g/mol. The highest BCUT2D eigenvalue weighted by Gasteiger charge is 2.41. The first-order valence-electron chi connectivity index (χ1n) is 8.01. The topological polar surface area (TPSA) is 49.6 Å². The van der Waals surface area contributed by atoms with Gasteiger partial charge in [0.2, 0.25) is 5.76 Å². The molecule has 0 unspecified atom stereocenters. The number of carbonyl (C=O) groups is 1. The molecule has 134 valence electrons. The van der Waals surface area contributed by atoms with Crippen LogP contribution in [0.5, 0.6) is 0 Å². The van der Waals surface area contributed by atoms with Gasteiger partial charge in [0.05, 0.1) is 0 Å². The summed E-state index contributed by atoms with van der Waals surface area (Å²) in [5.41, 5.74) is -0.0264. The lowest BCUT2D eigenvalue weighted by Gasteiger charge is -2.34. The molecule has 0 saturated carbocycles. The van der Waals surface area contributed by atoms with Crippen molar-refractivity contribution in [1.29, 1.82) is 0 Å². The Morgan fingerprint density at radius 3 is 2.44 bits per heavy atom. The van der Waals surface area contributed by atoms with Gasteiger partial charge < -0.3 is 9.32 Å². The number of rotatable bonds is 4. The predicted octanol–water partition coefficient (Wildman–Crippen LogP) is 2.69. The van der Waals surface area contributed by atoms with Crippen molar-refractivity contribution in [3.05, 3.63) is 53.7 Å². The number of oxazole rings is 1. The van der Waals surface area contributed by atoms with Gasteiger partial charge in [0.15, 0.2) is 12.1 Å². The number of alkyl halides is 3. The summed E-state index contributed by atoms with van der Waals surface area (Å²) >= 11 is 0. The van der Waals surface area contributed by atoms with Gasteiger partial charge in [-0.05, 0) is 12.0 Å². The summed E-state index contributed by atoms with van der Waals surface area (Å²) in [4.78, 5) is 19.0. The number of aromatic nitrogens is 1. The second-order valence-corrected chi connectivity index (χ2v) is 5.90. The van der Waals surface area contributed by atoms with Gasteiger partial charge in [-0.1, -0.05) is 30.3 Å². The molecule has 0 aliphatic carbocycles. The smallest absolute Gasteiger partial charge is 0.437 e. The van der Waals surface area contributed by atoms with E-state index in [2.05, 4.69) is 22.0 Å². The Hall–Kier alpha value is -2.35. The zero-order chi connectivity index (χ0) is 17.9. The second-order valence-electron chi connectivity index (χ2n) is 5.90. The van der Waals surface area contributed by atoms with E-state index in [-0.39, 0.29) is 0 Å². The lowest BCUT2D eigenvalue weighted by Crippen LogP contribution is -2.49. The molecule has 25 heavy (non-hydrogen) atoms. The molecule has 2 aromatic rings. The lowest BCUT2D eigenvalue weighted by molar-refractivity contribution is -0.141. The summed E-state index contributed by atoms with van der Waals surface area (Å²) in [6.45, 7) is 2.82. The molecule has 0 bridgehead atoms. The van der Waals surface area contributed by atoms with Crippen LogP contribution in [0, 0.1) is 0 Å². The average molecular weight is 353 g/mol. The number of amides is 1. The molecular weight excluding hydrogens is 335 g/mol. The van der Waals surface area contributed by atoms with Crippen LogP contribution in [0.2, 0.25) is 0 Å². The molecule has 1 aromatic carbocycles. The van der Waals surface area contributed by atoms with Gasteiger partial charge in [-0.2, -0.15) is 13.2 Å². The molecule has 0 N–H and O–H groups in total. The molecular formula is C17H18F3N3O2. The molecule has 0 spiro atoms. The SMILES string of the molecule is O=C(c1ocnc1C(F)(F)F)N1CCN(CCc2ccccc2)CC1. The molecule has 0 radical (unpaired) electrons. The van der Waals surface area contributed by atoms with Gasteiger partial charge in [0.25, 0.3) is 5.91 Å².